The maximum Gasteiger partial charge on any atom is 0.0668 e. The van der Waals surface area contributed by atoms with Crippen molar-refractivity contribution in [3.8, 4) is 0 Å². The minimum absolute atomic E-state index is 0.231. The predicted octanol–water partition coefficient (Wildman–Crippen LogP) is 4.80. The van der Waals surface area contributed by atoms with Gasteiger partial charge in [0.05, 0.1) is 16.8 Å². The number of hydrogen-bond acceptors (Lipinski definition) is 2. The van der Waals surface area contributed by atoms with Gasteiger partial charge in [0, 0.05) is 29.7 Å². The monoisotopic (exact) mass is 340 g/mol. The maximum atomic E-state index is 6.37. The molecule has 1 aliphatic heterocycles. The van der Waals surface area contributed by atoms with Gasteiger partial charge < -0.3 is 10.2 Å². The zero-order valence-corrected chi connectivity index (χ0v) is 13.6. The normalized spacial score (nSPS) is 18.8. The van der Waals surface area contributed by atoms with Crippen LogP contribution >= 0.6 is 34.8 Å². The van der Waals surface area contributed by atoms with Gasteiger partial charge in [-0.2, -0.15) is 0 Å². The van der Waals surface area contributed by atoms with Crippen molar-refractivity contribution in [2.24, 2.45) is 0 Å². The first kappa shape index (κ1) is 15.0. The number of benzene rings is 2. The van der Waals surface area contributed by atoms with Crippen molar-refractivity contribution in [3.05, 3.63) is 63.1 Å². The summed E-state index contributed by atoms with van der Waals surface area (Å²) in [6.45, 7) is 2.71. The van der Waals surface area contributed by atoms with E-state index in [1.165, 1.54) is 5.56 Å². The molecule has 0 aliphatic carbocycles. The molecule has 1 unspecified atom stereocenters. The van der Waals surface area contributed by atoms with Crippen LogP contribution in [0.3, 0.4) is 0 Å². The van der Waals surface area contributed by atoms with Crippen molar-refractivity contribution in [2.45, 2.75) is 6.04 Å². The Labute approximate surface area is 139 Å². The second-order valence-electron chi connectivity index (χ2n) is 5.06. The first-order chi connectivity index (χ1) is 10.1. The van der Waals surface area contributed by atoms with Gasteiger partial charge in [-0.1, -0.05) is 46.9 Å². The number of halogens is 3. The molecule has 0 radical (unpaired) electrons. The highest BCUT2D eigenvalue weighted by Gasteiger charge is 2.25. The largest absolute Gasteiger partial charge is 0.361 e. The Kier molecular flexibility index (Phi) is 4.60. The summed E-state index contributed by atoms with van der Waals surface area (Å²) in [5.74, 6) is 0. The molecule has 2 nitrogen and oxygen atoms in total. The van der Waals surface area contributed by atoms with Crippen molar-refractivity contribution in [1.82, 2.24) is 5.32 Å². The Balaban J connectivity index is 1.96. The van der Waals surface area contributed by atoms with Gasteiger partial charge in [0.15, 0.2) is 0 Å². The summed E-state index contributed by atoms with van der Waals surface area (Å²) >= 11 is 18.4. The van der Waals surface area contributed by atoms with Gasteiger partial charge in [-0.05, 0) is 35.9 Å². The Morgan fingerprint density at radius 2 is 1.67 bits per heavy atom. The van der Waals surface area contributed by atoms with Crippen LogP contribution in [0.5, 0.6) is 0 Å². The summed E-state index contributed by atoms with van der Waals surface area (Å²) in [5.41, 5.74) is 2.24. The van der Waals surface area contributed by atoms with E-state index < -0.39 is 0 Å². The van der Waals surface area contributed by atoms with Gasteiger partial charge in [-0.3, -0.25) is 0 Å². The van der Waals surface area contributed by atoms with Crippen LogP contribution in [0, 0.1) is 0 Å². The number of piperazine rings is 1. The average molecular weight is 342 g/mol. The third-order valence-corrected chi connectivity index (χ3v) is 4.51. The molecule has 0 aromatic heterocycles. The number of anilines is 1. The first-order valence-electron chi connectivity index (χ1n) is 6.83. The molecule has 0 amide bonds. The molecule has 1 saturated heterocycles. The first-order valence-corrected chi connectivity index (χ1v) is 7.96. The number of nitrogens with zero attached hydrogens (tertiary/aromatic N) is 1. The Morgan fingerprint density at radius 1 is 0.952 bits per heavy atom. The quantitative estimate of drug-likeness (QED) is 0.844. The van der Waals surface area contributed by atoms with Crippen LogP contribution in [0.1, 0.15) is 11.6 Å². The van der Waals surface area contributed by atoms with E-state index in [2.05, 4.69) is 22.3 Å². The second kappa shape index (κ2) is 6.45. The molecular formula is C16H15Cl3N2. The molecule has 1 fully saturated rings. The van der Waals surface area contributed by atoms with Crippen LogP contribution in [-0.2, 0) is 0 Å². The minimum Gasteiger partial charge on any atom is -0.361 e. The smallest absolute Gasteiger partial charge is 0.0668 e. The zero-order chi connectivity index (χ0) is 14.8. The maximum absolute atomic E-state index is 6.37. The lowest BCUT2D eigenvalue weighted by atomic mass is 10.0. The van der Waals surface area contributed by atoms with Crippen LogP contribution in [0.2, 0.25) is 15.1 Å². The molecule has 0 bridgehead atoms. The minimum atomic E-state index is 0.231. The molecule has 0 saturated carbocycles. The van der Waals surface area contributed by atoms with E-state index in [1.54, 1.807) is 6.07 Å². The highest BCUT2D eigenvalue weighted by molar-refractivity contribution is 6.36. The van der Waals surface area contributed by atoms with Crippen molar-refractivity contribution < 1.29 is 0 Å². The van der Waals surface area contributed by atoms with Gasteiger partial charge >= 0.3 is 0 Å². The Bertz CT molecular complexity index is 628. The predicted molar refractivity (Wildman–Crippen MR) is 90.9 cm³/mol. The molecule has 1 atom stereocenters. The molecule has 1 heterocycles. The van der Waals surface area contributed by atoms with E-state index in [0.29, 0.717) is 10.0 Å². The van der Waals surface area contributed by atoms with Gasteiger partial charge in [-0.15, -0.1) is 0 Å². The van der Waals surface area contributed by atoms with Gasteiger partial charge in [0.1, 0.15) is 0 Å². The van der Waals surface area contributed by atoms with Crippen molar-refractivity contribution >= 4 is 40.5 Å². The van der Waals surface area contributed by atoms with E-state index >= 15 is 0 Å². The molecule has 5 heteroatoms. The molecule has 3 rings (SSSR count). The fourth-order valence-electron chi connectivity index (χ4n) is 2.69. The summed E-state index contributed by atoms with van der Waals surface area (Å²) in [6, 6.07) is 13.9. The van der Waals surface area contributed by atoms with Crippen molar-refractivity contribution in [3.63, 3.8) is 0 Å². The summed E-state index contributed by atoms with van der Waals surface area (Å²) in [5, 5.41) is 5.52. The van der Waals surface area contributed by atoms with E-state index in [4.69, 9.17) is 34.8 Å². The summed E-state index contributed by atoms with van der Waals surface area (Å²) < 4.78 is 0. The highest BCUT2D eigenvalue weighted by atomic mass is 35.5. The Hall–Kier alpha value is -0.930. The SMILES string of the molecule is Clc1ccc(C2CNCCN2c2ccc(Cl)cc2Cl)cc1. The van der Waals surface area contributed by atoms with E-state index in [9.17, 15) is 0 Å². The van der Waals surface area contributed by atoms with Crippen molar-refractivity contribution in [2.75, 3.05) is 24.5 Å². The van der Waals surface area contributed by atoms with Crippen molar-refractivity contribution in [1.29, 1.82) is 0 Å². The third-order valence-electron chi connectivity index (χ3n) is 3.72. The summed E-state index contributed by atoms with van der Waals surface area (Å²) in [7, 11) is 0. The summed E-state index contributed by atoms with van der Waals surface area (Å²) in [6.07, 6.45) is 0. The second-order valence-corrected chi connectivity index (χ2v) is 6.34. The number of rotatable bonds is 2. The molecule has 2 aromatic rings. The van der Waals surface area contributed by atoms with Gasteiger partial charge in [-0.25, -0.2) is 0 Å². The van der Waals surface area contributed by atoms with E-state index in [1.807, 2.05) is 24.3 Å². The number of nitrogens with one attached hydrogen (secondary N) is 1. The summed E-state index contributed by atoms with van der Waals surface area (Å²) in [4.78, 5) is 2.32. The highest BCUT2D eigenvalue weighted by Crippen LogP contribution is 2.35. The molecule has 21 heavy (non-hydrogen) atoms. The third kappa shape index (κ3) is 3.29. The number of hydrogen-bond donors (Lipinski definition) is 1. The standard InChI is InChI=1S/C16H15Cl3N2/c17-12-3-1-11(2-4-12)16-10-20-7-8-21(16)15-6-5-13(18)9-14(15)19/h1-6,9,16,20H,7-8,10H2. The van der Waals surface area contributed by atoms with Gasteiger partial charge in [0.25, 0.3) is 0 Å². The fraction of sp³-hybridized carbons (Fsp3) is 0.250. The molecule has 1 aliphatic rings. The van der Waals surface area contributed by atoms with E-state index in [0.717, 1.165) is 30.3 Å². The van der Waals surface area contributed by atoms with Crippen LogP contribution < -0.4 is 10.2 Å². The van der Waals surface area contributed by atoms with E-state index in [-0.39, 0.29) is 6.04 Å². The molecule has 110 valence electrons. The molecule has 1 N–H and O–H groups in total. The van der Waals surface area contributed by atoms with Gasteiger partial charge in [0.2, 0.25) is 0 Å². The average Bonchev–Trinajstić information content (AvgIpc) is 2.48. The van der Waals surface area contributed by atoms with Crippen LogP contribution in [-0.4, -0.2) is 19.6 Å². The topological polar surface area (TPSA) is 15.3 Å². The van der Waals surface area contributed by atoms with Crippen LogP contribution in [0.15, 0.2) is 42.5 Å². The fourth-order valence-corrected chi connectivity index (χ4v) is 3.33. The van der Waals surface area contributed by atoms with Crippen LogP contribution in [0.25, 0.3) is 0 Å². The molecular weight excluding hydrogens is 327 g/mol. The zero-order valence-electron chi connectivity index (χ0n) is 11.3. The van der Waals surface area contributed by atoms with Crippen LogP contribution in [0.4, 0.5) is 5.69 Å². The Morgan fingerprint density at radius 3 is 2.38 bits per heavy atom. The molecule has 2 aromatic carbocycles. The molecule has 0 spiro atoms. The lowest BCUT2D eigenvalue weighted by Crippen LogP contribution is -2.46. The lowest BCUT2D eigenvalue weighted by molar-refractivity contribution is 0.490. The lowest BCUT2D eigenvalue weighted by Gasteiger charge is -2.38.